The van der Waals surface area contributed by atoms with Gasteiger partial charge in [0.15, 0.2) is 0 Å². The topological polar surface area (TPSA) is 69.2 Å². The highest BCUT2D eigenvalue weighted by Crippen LogP contribution is 2.30. The molecule has 1 heterocycles. The van der Waals surface area contributed by atoms with Crippen LogP contribution in [0.4, 0.5) is 0 Å². The van der Waals surface area contributed by atoms with E-state index in [-0.39, 0.29) is 18.0 Å². The lowest BCUT2D eigenvalue weighted by Gasteiger charge is -2.14. The summed E-state index contributed by atoms with van der Waals surface area (Å²) in [5.74, 6) is -0.678. The van der Waals surface area contributed by atoms with Gasteiger partial charge in [-0.2, -0.15) is 10.5 Å². The molecule has 0 amide bonds. The fraction of sp³-hybridized carbons (Fsp3) is 0.308. The Morgan fingerprint density at radius 1 is 1.24 bits per heavy atom. The molecule has 84 valence electrons. The molecule has 0 aromatic heterocycles. The number of aliphatic imine (C=N–C) groups is 1. The van der Waals surface area contributed by atoms with Gasteiger partial charge in [0.05, 0.1) is 18.2 Å². The smallest absolute Gasteiger partial charge is 0.217 e. The van der Waals surface area contributed by atoms with E-state index < -0.39 is 5.92 Å². The largest absolute Gasteiger partial charge is 0.469 e. The molecule has 2 unspecified atom stereocenters. The molecule has 17 heavy (non-hydrogen) atoms. The van der Waals surface area contributed by atoms with Crippen molar-refractivity contribution in [3.05, 3.63) is 35.9 Å². The predicted octanol–water partition coefficient (Wildman–Crippen LogP) is 2.21. The second-order valence-corrected chi connectivity index (χ2v) is 3.85. The van der Waals surface area contributed by atoms with E-state index in [0.717, 1.165) is 5.56 Å². The van der Waals surface area contributed by atoms with Crippen LogP contribution in [0.1, 0.15) is 18.6 Å². The Hall–Kier alpha value is -2.33. The SMILES string of the molecule is CC1N=C(C(C#N)C#N)OC1c1ccccc1. The zero-order valence-corrected chi connectivity index (χ0v) is 9.37. The minimum absolute atomic E-state index is 0.0726. The molecule has 0 saturated carbocycles. The van der Waals surface area contributed by atoms with E-state index in [1.165, 1.54) is 0 Å². The highest BCUT2D eigenvalue weighted by atomic mass is 16.5. The van der Waals surface area contributed by atoms with Gasteiger partial charge in [-0.15, -0.1) is 0 Å². The number of ether oxygens (including phenoxy) is 1. The van der Waals surface area contributed by atoms with Crippen LogP contribution in [0.15, 0.2) is 35.3 Å². The van der Waals surface area contributed by atoms with E-state index in [1.54, 1.807) is 0 Å². The van der Waals surface area contributed by atoms with Crippen LogP contribution in [0.25, 0.3) is 0 Å². The van der Waals surface area contributed by atoms with Gasteiger partial charge in [0.2, 0.25) is 11.8 Å². The lowest BCUT2D eigenvalue weighted by Crippen LogP contribution is -2.14. The second-order valence-electron chi connectivity index (χ2n) is 3.85. The lowest BCUT2D eigenvalue weighted by molar-refractivity contribution is 0.195. The van der Waals surface area contributed by atoms with Crippen molar-refractivity contribution < 1.29 is 4.74 Å². The maximum Gasteiger partial charge on any atom is 0.217 e. The van der Waals surface area contributed by atoms with Crippen LogP contribution in [-0.2, 0) is 4.74 Å². The van der Waals surface area contributed by atoms with Crippen molar-refractivity contribution in [2.75, 3.05) is 0 Å². The molecule has 0 fully saturated rings. The van der Waals surface area contributed by atoms with Crippen molar-refractivity contribution in [1.82, 2.24) is 0 Å². The number of hydrogen-bond acceptors (Lipinski definition) is 4. The molecule has 2 rings (SSSR count). The highest BCUT2D eigenvalue weighted by molar-refractivity contribution is 5.85. The van der Waals surface area contributed by atoms with E-state index in [1.807, 2.05) is 49.4 Å². The van der Waals surface area contributed by atoms with E-state index >= 15 is 0 Å². The quantitative estimate of drug-likeness (QED) is 0.774. The monoisotopic (exact) mass is 225 g/mol. The zero-order chi connectivity index (χ0) is 12.3. The van der Waals surface area contributed by atoms with Gasteiger partial charge < -0.3 is 4.74 Å². The van der Waals surface area contributed by atoms with Crippen LogP contribution in [0, 0.1) is 28.6 Å². The first-order chi connectivity index (χ1) is 8.26. The summed E-state index contributed by atoms with van der Waals surface area (Å²) in [5.41, 5.74) is 1.01. The molecule has 0 aliphatic carbocycles. The van der Waals surface area contributed by atoms with E-state index in [9.17, 15) is 0 Å². The van der Waals surface area contributed by atoms with Crippen molar-refractivity contribution in [2.24, 2.45) is 10.9 Å². The lowest BCUT2D eigenvalue weighted by atomic mass is 10.0. The molecule has 0 radical (unpaired) electrons. The number of benzene rings is 1. The Morgan fingerprint density at radius 2 is 1.88 bits per heavy atom. The minimum Gasteiger partial charge on any atom is -0.469 e. The molecular weight excluding hydrogens is 214 g/mol. The Labute approximate surface area is 99.8 Å². The molecule has 1 aliphatic heterocycles. The molecular formula is C13H11N3O. The Kier molecular flexibility index (Phi) is 3.07. The van der Waals surface area contributed by atoms with Crippen molar-refractivity contribution >= 4 is 5.90 Å². The van der Waals surface area contributed by atoms with Crippen molar-refractivity contribution in [1.29, 1.82) is 10.5 Å². The summed E-state index contributed by atoms with van der Waals surface area (Å²) in [6.07, 6.45) is -0.199. The number of nitrogens with zero attached hydrogens (tertiary/aromatic N) is 3. The third kappa shape index (κ3) is 2.11. The summed E-state index contributed by atoms with van der Waals surface area (Å²) in [6.45, 7) is 1.91. The van der Waals surface area contributed by atoms with Crippen LogP contribution in [0.3, 0.4) is 0 Å². The summed E-state index contributed by atoms with van der Waals surface area (Å²) >= 11 is 0. The van der Waals surface area contributed by atoms with Crippen LogP contribution < -0.4 is 0 Å². The average Bonchev–Trinajstić information content (AvgIpc) is 2.74. The summed E-state index contributed by atoms with van der Waals surface area (Å²) < 4.78 is 5.61. The van der Waals surface area contributed by atoms with Gasteiger partial charge in [0.1, 0.15) is 6.10 Å². The highest BCUT2D eigenvalue weighted by Gasteiger charge is 2.32. The fourth-order valence-electron chi connectivity index (χ4n) is 1.80. The van der Waals surface area contributed by atoms with E-state index in [4.69, 9.17) is 15.3 Å². The Morgan fingerprint density at radius 3 is 2.47 bits per heavy atom. The first-order valence-electron chi connectivity index (χ1n) is 5.34. The molecule has 0 bridgehead atoms. The van der Waals surface area contributed by atoms with Gasteiger partial charge in [-0.25, -0.2) is 4.99 Å². The summed E-state index contributed by atoms with van der Waals surface area (Å²) in [4.78, 5) is 4.24. The van der Waals surface area contributed by atoms with Crippen LogP contribution in [0.2, 0.25) is 0 Å². The molecule has 0 spiro atoms. The first-order valence-corrected chi connectivity index (χ1v) is 5.34. The number of hydrogen-bond donors (Lipinski definition) is 0. The molecule has 0 N–H and O–H groups in total. The molecule has 1 aromatic rings. The molecule has 4 heteroatoms. The number of rotatable bonds is 2. The minimum atomic E-state index is -0.911. The van der Waals surface area contributed by atoms with Crippen molar-refractivity contribution in [3.8, 4) is 12.1 Å². The van der Waals surface area contributed by atoms with Gasteiger partial charge in [-0.3, -0.25) is 0 Å². The molecule has 0 saturated heterocycles. The van der Waals surface area contributed by atoms with Crippen molar-refractivity contribution in [3.63, 3.8) is 0 Å². The normalized spacial score (nSPS) is 22.5. The zero-order valence-electron chi connectivity index (χ0n) is 9.37. The maximum atomic E-state index is 8.80. The van der Waals surface area contributed by atoms with E-state index in [0.29, 0.717) is 0 Å². The molecule has 1 aliphatic rings. The standard InChI is InChI=1S/C13H11N3O/c1-9-12(10-5-3-2-4-6-10)17-13(16-9)11(7-14)8-15/h2-6,9,11-12H,1H3. The van der Waals surface area contributed by atoms with Gasteiger partial charge >= 0.3 is 0 Å². The summed E-state index contributed by atoms with van der Waals surface area (Å²) in [5, 5.41) is 17.6. The first kappa shape index (κ1) is 11.2. The number of nitriles is 2. The molecule has 4 nitrogen and oxygen atoms in total. The van der Waals surface area contributed by atoms with E-state index in [2.05, 4.69) is 4.99 Å². The van der Waals surface area contributed by atoms with Gasteiger partial charge in [0.25, 0.3) is 0 Å². The van der Waals surface area contributed by atoms with Crippen LogP contribution >= 0.6 is 0 Å². The summed E-state index contributed by atoms with van der Waals surface area (Å²) in [7, 11) is 0. The second kappa shape index (κ2) is 4.67. The van der Waals surface area contributed by atoms with Crippen molar-refractivity contribution in [2.45, 2.75) is 19.1 Å². The Bertz CT molecular complexity index is 496. The third-order valence-corrected chi connectivity index (χ3v) is 2.65. The molecule has 2 atom stereocenters. The van der Waals surface area contributed by atoms with Crippen LogP contribution in [0.5, 0.6) is 0 Å². The fourth-order valence-corrected chi connectivity index (χ4v) is 1.80. The third-order valence-electron chi connectivity index (χ3n) is 2.65. The average molecular weight is 225 g/mol. The summed E-state index contributed by atoms with van der Waals surface area (Å²) in [6, 6.07) is 13.4. The maximum absolute atomic E-state index is 8.80. The van der Waals surface area contributed by atoms with Gasteiger partial charge in [0, 0.05) is 0 Å². The predicted molar refractivity (Wildman–Crippen MR) is 61.9 cm³/mol. The molecule has 1 aromatic carbocycles. The van der Waals surface area contributed by atoms with Crippen LogP contribution in [-0.4, -0.2) is 11.9 Å². The van der Waals surface area contributed by atoms with Gasteiger partial charge in [-0.1, -0.05) is 30.3 Å². The Balaban J connectivity index is 2.19. The van der Waals surface area contributed by atoms with Gasteiger partial charge in [-0.05, 0) is 12.5 Å².